The van der Waals surface area contributed by atoms with E-state index in [1.54, 1.807) is 29.6 Å². The van der Waals surface area contributed by atoms with Crippen molar-refractivity contribution in [2.45, 2.75) is 13.0 Å². The number of carbonyl (C=O) groups is 4. The Morgan fingerprint density at radius 3 is 2.48 bits per heavy atom. The number of hydrogen-bond donors (Lipinski definition) is 3. The third-order valence-electron chi connectivity index (χ3n) is 3.04. The van der Waals surface area contributed by atoms with Crippen LogP contribution in [0.1, 0.15) is 27.0 Å². The fraction of sp³-hybridized carbons (Fsp3) is 0.125. The lowest BCUT2D eigenvalue weighted by molar-refractivity contribution is -0.127. The minimum absolute atomic E-state index is 0.0751. The summed E-state index contributed by atoms with van der Waals surface area (Å²) in [7, 11) is 0. The predicted molar refractivity (Wildman–Crippen MR) is 91.3 cm³/mol. The van der Waals surface area contributed by atoms with Gasteiger partial charge in [-0.25, -0.2) is 9.59 Å². The van der Waals surface area contributed by atoms with Crippen LogP contribution in [-0.2, 0) is 9.53 Å². The number of rotatable bonds is 5. The number of esters is 1. The number of primary amides is 1. The Hall–Kier alpha value is -3.20. The van der Waals surface area contributed by atoms with Crippen molar-refractivity contribution in [1.29, 1.82) is 0 Å². The van der Waals surface area contributed by atoms with Gasteiger partial charge in [-0.3, -0.25) is 14.9 Å². The Kier molecular flexibility index (Phi) is 5.85. The van der Waals surface area contributed by atoms with Crippen LogP contribution in [-0.4, -0.2) is 29.9 Å². The molecule has 0 fully saturated rings. The zero-order chi connectivity index (χ0) is 18.4. The second-order valence-electron chi connectivity index (χ2n) is 4.88. The molecule has 8 nitrogen and oxygen atoms in total. The molecule has 0 spiro atoms. The van der Waals surface area contributed by atoms with Gasteiger partial charge >= 0.3 is 12.0 Å². The number of anilines is 1. The van der Waals surface area contributed by atoms with Crippen LogP contribution in [0.3, 0.4) is 0 Å². The minimum Gasteiger partial charge on any atom is -0.449 e. The summed E-state index contributed by atoms with van der Waals surface area (Å²) in [5.74, 6) is -2.04. The van der Waals surface area contributed by atoms with E-state index < -0.39 is 24.0 Å². The third kappa shape index (κ3) is 4.88. The number of para-hydroxylation sites is 1. The first-order valence-corrected chi connectivity index (χ1v) is 8.01. The third-order valence-corrected chi connectivity index (χ3v) is 3.91. The topological polar surface area (TPSA) is 128 Å². The van der Waals surface area contributed by atoms with Gasteiger partial charge in [-0.1, -0.05) is 18.2 Å². The van der Waals surface area contributed by atoms with Crippen molar-refractivity contribution < 1.29 is 23.9 Å². The highest BCUT2D eigenvalue weighted by Crippen LogP contribution is 2.19. The Labute approximate surface area is 147 Å². The van der Waals surface area contributed by atoms with Gasteiger partial charge in [0, 0.05) is 0 Å². The van der Waals surface area contributed by atoms with Gasteiger partial charge in [-0.05, 0) is 30.5 Å². The summed E-state index contributed by atoms with van der Waals surface area (Å²) in [5.41, 5.74) is 5.16. The molecule has 1 heterocycles. The fourth-order valence-electron chi connectivity index (χ4n) is 1.86. The lowest BCUT2D eigenvalue weighted by atomic mass is 10.1. The number of amides is 4. The van der Waals surface area contributed by atoms with E-state index in [-0.39, 0.29) is 17.2 Å². The first kappa shape index (κ1) is 18.1. The molecular formula is C16H15N3O5S. The van der Waals surface area contributed by atoms with E-state index in [0.29, 0.717) is 4.88 Å². The van der Waals surface area contributed by atoms with E-state index in [9.17, 15) is 19.2 Å². The van der Waals surface area contributed by atoms with E-state index in [4.69, 9.17) is 10.5 Å². The average Bonchev–Trinajstić information content (AvgIpc) is 3.09. The number of benzene rings is 1. The number of hydrogen-bond acceptors (Lipinski definition) is 6. The average molecular weight is 361 g/mol. The van der Waals surface area contributed by atoms with Crippen LogP contribution in [0, 0.1) is 0 Å². The number of ether oxygens (including phenoxy) is 1. The van der Waals surface area contributed by atoms with Gasteiger partial charge in [0.15, 0.2) is 6.10 Å². The van der Waals surface area contributed by atoms with Crippen molar-refractivity contribution in [3.05, 3.63) is 52.2 Å². The quantitative estimate of drug-likeness (QED) is 0.699. The lowest BCUT2D eigenvalue weighted by Gasteiger charge is -2.14. The van der Waals surface area contributed by atoms with Crippen LogP contribution < -0.4 is 16.4 Å². The van der Waals surface area contributed by atoms with E-state index in [1.807, 2.05) is 5.32 Å². The van der Waals surface area contributed by atoms with Crippen LogP contribution in [0.4, 0.5) is 10.5 Å². The molecule has 130 valence electrons. The predicted octanol–water partition coefficient (Wildman–Crippen LogP) is 1.74. The van der Waals surface area contributed by atoms with E-state index >= 15 is 0 Å². The summed E-state index contributed by atoms with van der Waals surface area (Å²) in [4.78, 5) is 47.1. The molecule has 1 atom stereocenters. The van der Waals surface area contributed by atoms with Crippen LogP contribution in [0.25, 0.3) is 0 Å². The number of imide groups is 1. The SMILES string of the molecule is CC(OC(=O)c1ccccc1NC(=O)c1cccs1)C(=O)NC(N)=O. The molecule has 1 aromatic heterocycles. The maximum Gasteiger partial charge on any atom is 0.341 e. The molecule has 2 aromatic rings. The molecule has 0 saturated carbocycles. The van der Waals surface area contributed by atoms with E-state index in [0.717, 1.165) is 0 Å². The van der Waals surface area contributed by atoms with E-state index in [1.165, 1.54) is 30.4 Å². The molecule has 25 heavy (non-hydrogen) atoms. The molecule has 0 aliphatic heterocycles. The van der Waals surface area contributed by atoms with Gasteiger partial charge in [0.1, 0.15) is 0 Å². The van der Waals surface area contributed by atoms with Gasteiger partial charge in [0.25, 0.3) is 11.8 Å². The summed E-state index contributed by atoms with van der Waals surface area (Å²) in [6, 6.07) is 8.56. The first-order valence-electron chi connectivity index (χ1n) is 7.13. The summed E-state index contributed by atoms with van der Waals surface area (Å²) in [6.07, 6.45) is -1.24. The molecule has 0 saturated heterocycles. The summed E-state index contributed by atoms with van der Waals surface area (Å²) in [5, 5.41) is 6.20. The van der Waals surface area contributed by atoms with Crippen molar-refractivity contribution in [2.75, 3.05) is 5.32 Å². The first-order chi connectivity index (χ1) is 11.9. The molecule has 4 amide bonds. The second kappa shape index (κ2) is 8.06. The van der Waals surface area contributed by atoms with Gasteiger partial charge in [-0.15, -0.1) is 11.3 Å². The zero-order valence-electron chi connectivity index (χ0n) is 13.1. The minimum atomic E-state index is -1.24. The van der Waals surface area contributed by atoms with Crippen molar-refractivity contribution >= 4 is 40.8 Å². The molecule has 0 aliphatic rings. The van der Waals surface area contributed by atoms with Crippen LogP contribution in [0.5, 0.6) is 0 Å². The highest BCUT2D eigenvalue weighted by Gasteiger charge is 2.22. The maximum absolute atomic E-state index is 12.3. The number of urea groups is 1. The molecular weight excluding hydrogens is 346 g/mol. The van der Waals surface area contributed by atoms with Crippen molar-refractivity contribution in [3.63, 3.8) is 0 Å². The normalized spacial score (nSPS) is 11.2. The molecule has 1 unspecified atom stereocenters. The Balaban J connectivity index is 2.11. The molecule has 2 rings (SSSR count). The number of nitrogens with two attached hydrogens (primary N) is 1. The number of carbonyl (C=O) groups excluding carboxylic acids is 4. The van der Waals surface area contributed by atoms with E-state index in [2.05, 4.69) is 5.32 Å². The Morgan fingerprint density at radius 2 is 1.84 bits per heavy atom. The number of nitrogens with one attached hydrogen (secondary N) is 2. The van der Waals surface area contributed by atoms with Crippen LogP contribution in [0.15, 0.2) is 41.8 Å². The smallest absolute Gasteiger partial charge is 0.341 e. The van der Waals surface area contributed by atoms with Gasteiger partial charge in [-0.2, -0.15) is 0 Å². The summed E-state index contributed by atoms with van der Waals surface area (Å²) >= 11 is 1.26. The Morgan fingerprint density at radius 1 is 1.12 bits per heavy atom. The molecule has 4 N–H and O–H groups in total. The standard InChI is InChI=1S/C16H15N3O5S/c1-9(13(20)19-16(17)23)24-15(22)10-5-2-3-6-11(10)18-14(21)12-7-4-8-25-12/h2-9H,1H3,(H,18,21)(H3,17,19,20,23). The molecule has 0 radical (unpaired) electrons. The van der Waals surface area contributed by atoms with Gasteiger partial charge in [0.05, 0.1) is 16.1 Å². The zero-order valence-corrected chi connectivity index (χ0v) is 14.0. The largest absolute Gasteiger partial charge is 0.449 e. The fourth-order valence-corrected chi connectivity index (χ4v) is 2.48. The molecule has 9 heteroatoms. The van der Waals surface area contributed by atoms with Gasteiger partial charge in [0.2, 0.25) is 0 Å². The molecule has 1 aromatic carbocycles. The lowest BCUT2D eigenvalue weighted by Crippen LogP contribution is -2.42. The summed E-state index contributed by atoms with van der Waals surface area (Å²) in [6.45, 7) is 1.29. The summed E-state index contributed by atoms with van der Waals surface area (Å²) < 4.78 is 5.00. The van der Waals surface area contributed by atoms with Crippen molar-refractivity contribution in [3.8, 4) is 0 Å². The van der Waals surface area contributed by atoms with Crippen molar-refractivity contribution in [1.82, 2.24) is 5.32 Å². The van der Waals surface area contributed by atoms with Crippen LogP contribution in [0.2, 0.25) is 0 Å². The second-order valence-corrected chi connectivity index (χ2v) is 5.83. The number of thiophene rings is 1. The maximum atomic E-state index is 12.3. The van der Waals surface area contributed by atoms with Crippen molar-refractivity contribution in [2.24, 2.45) is 5.73 Å². The van der Waals surface area contributed by atoms with Crippen LogP contribution >= 0.6 is 11.3 Å². The molecule has 0 bridgehead atoms. The Bertz CT molecular complexity index is 804. The monoisotopic (exact) mass is 361 g/mol. The van der Waals surface area contributed by atoms with Gasteiger partial charge < -0.3 is 15.8 Å². The highest BCUT2D eigenvalue weighted by atomic mass is 32.1. The molecule has 0 aliphatic carbocycles. The highest BCUT2D eigenvalue weighted by molar-refractivity contribution is 7.12.